The second-order valence-electron chi connectivity index (χ2n) is 8.41. The molecule has 0 radical (unpaired) electrons. The molecule has 32 heavy (non-hydrogen) atoms. The van der Waals surface area contributed by atoms with Crippen molar-refractivity contribution in [1.82, 2.24) is 25.1 Å². The molecule has 2 aliphatic rings. The minimum Gasteiger partial charge on any atom is -0.353 e. The smallest absolute Gasteiger partial charge is 0.237 e. The van der Waals surface area contributed by atoms with Gasteiger partial charge in [-0.05, 0) is 37.4 Å². The van der Waals surface area contributed by atoms with E-state index in [0.717, 1.165) is 38.9 Å². The number of carbonyl (C=O) groups excluding carboxylic acids is 2. The summed E-state index contributed by atoms with van der Waals surface area (Å²) < 4.78 is 0. The van der Waals surface area contributed by atoms with Gasteiger partial charge in [0.05, 0.1) is 12.5 Å². The molecule has 170 valence electrons. The quantitative estimate of drug-likeness (QED) is 0.706. The zero-order chi connectivity index (χ0) is 22.2. The van der Waals surface area contributed by atoms with Crippen LogP contribution < -0.4 is 10.2 Å². The Balaban J connectivity index is 1.31. The summed E-state index contributed by atoms with van der Waals surface area (Å²) in [5.74, 6) is 0.729. The third kappa shape index (κ3) is 5.82. The minimum absolute atomic E-state index is 0.0292. The van der Waals surface area contributed by atoms with Crippen molar-refractivity contribution >= 4 is 17.8 Å². The van der Waals surface area contributed by atoms with Gasteiger partial charge in [0.1, 0.15) is 0 Å². The molecule has 2 aliphatic heterocycles. The Morgan fingerprint density at radius 1 is 1.00 bits per heavy atom. The van der Waals surface area contributed by atoms with Gasteiger partial charge in [-0.2, -0.15) is 0 Å². The van der Waals surface area contributed by atoms with Crippen molar-refractivity contribution in [2.24, 2.45) is 0 Å². The number of benzene rings is 1. The summed E-state index contributed by atoms with van der Waals surface area (Å²) in [5, 5.41) is 2.94. The van der Waals surface area contributed by atoms with Crippen LogP contribution in [-0.4, -0.2) is 83.4 Å². The van der Waals surface area contributed by atoms with Gasteiger partial charge in [0.25, 0.3) is 0 Å². The Bertz CT molecular complexity index is 879. The van der Waals surface area contributed by atoms with Gasteiger partial charge in [0.2, 0.25) is 17.8 Å². The summed E-state index contributed by atoms with van der Waals surface area (Å²) in [6, 6.07) is 11.8. The number of carbonyl (C=O) groups is 2. The van der Waals surface area contributed by atoms with Gasteiger partial charge in [-0.25, -0.2) is 9.97 Å². The van der Waals surface area contributed by atoms with Gasteiger partial charge < -0.3 is 15.1 Å². The van der Waals surface area contributed by atoms with Crippen LogP contribution in [0.2, 0.25) is 0 Å². The molecule has 2 aromatic rings. The SMILES string of the molecule is O=C1NCCN(CCCc2ccccc2)[C@H]1CC(=O)N1CCCN(c2ncccn2)CC1. The number of rotatable bonds is 7. The van der Waals surface area contributed by atoms with Crippen molar-refractivity contribution in [3.8, 4) is 0 Å². The number of nitrogens with one attached hydrogen (secondary N) is 1. The van der Waals surface area contributed by atoms with Crippen LogP contribution in [0.15, 0.2) is 48.8 Å². The van der Waals surface area contributed by atoms with Crippen LogP contribution in [0.4, 0.5) is 5.95 Å². The summed E-state index contributed by atoms with van der Waals surface area (Å²) in [4.78, 5) is 40.6. The molecule has 1 N–H and O–H groups in total. The largest absolute Gasteiger partial charge is 0.353 e. The highest BCUT2D eigenvalue weighted by atomic mass is 16.2. The van der Waals surface area contributed by atoms with Crippen LogP contribution in [-0.2, 0) is 16.0 Å². The number of hydrogen-bond acceptors (Lipinski definition) is 6. The predicted octanol–water partition coefficient (Wildman–Crippen LogP) is 1.34. The summed E-state index contributed by atoms with van der Waals surface area (Å²) in [6.45, 7) is 5.10. The number of aryl methyl sites for hydroxylation is 1. The molecular weight excluding hydrogens is 404 g/mol. The Labute approximate surface area is 189 Å². The number of nitrogens with zero attached hydrogens (tertiary/aromatic N) is 5. The first-order valence-electron chi connectivity index (χ1n) is 11.6. The van der Waals surface area contributed by atoms with E-state index >= 15 is 0 Å². The second-order valence-corrected chi connectivity index (χ2v) is 8.41. The van der Waals surface area contributed by atoms with Crippen LogP contribution in [0.3, 0.4) is 0 Å². The Morgan fingerprint density at radius 3 is 2.62 bits per heavy atom. The lowest BCUT2D eigenvalue weighted by Gasteiger charge is -2.35. The third-order valence-electron chi connectivity index (χ3n) is 6.25. The van der Waals surface area contributed by atoms with Crippen molar-refractivity contribution in [2.45, 2.75) is 31.7 Å². The summed E-state index contributed by atoms with van der Waals surface area (Å²) in [7, 11) is 0. The van der Waals surface area contributed by atoms with Crippen LogP contribution in [0, 0.1) is 0 Å². The molecule has 1 aromatic heterocycles. The van der Waals surface area contributed by atoms with Crippen LogP contribution >= 0.6 is 0 Å². The highest BCUT2D eigenvalue weighted by Crippen LogP contribution is 2.15. The molecule has 1 aromatic carbocycles. The molecule has 2 amide bonds. The van der Waals surface area contributed by atoms with Crippen molar-refractivity contribution in [2.75, 3.05) is 50.7 Å². The highest BCUT2D eigenvalue weighted by molar-refractivity contribution is 5.88. The lowest BCUT2D eigenvalue weighted by Crippen LogP contribution is -2.57. The van der Waals surface area contributed by atoms with E-state index < -0.39 is 0 Å². The standard InChI is InChI=1S/C24H32N6O2/c31-22(29-14-6-15-30(18-17-29)24-26-10-5-11-27-24)19-21-23(32)25-12-16-28(21)13-4-9-20-7-2-1-3-8-20/h1-3,5,7-8,10-11,21H,4,6,9,12-19H2,(H,25,32)/t21-/m0/s1. The molecule has 8 nitrogen and oxygen atoms in total. The fourth-order valence-corrected chi connectivity index (χ4v) is 4.50. The average molecular weight is 437 g/mol. The predicted molar refractivity (Wildman–Crippen MR) is 123 cm³/mol. The number of aromatic nitrogens is 2. The third-order valence-corrected chi connectivity index (χ3v) is 6.25. The molecule has 0 saturated carbocycles. The van der Waals surface area contributed by atoms with Crippen molar-refractivity contribution in [1.29, 1.82) is 0 Å². The molecule has 8 heteroatoms. The van der Waals surface area contributed by atoms with Crippen LogP contribution in [0.5, 0.6) is 0 Å². The van der Waals surface area contributed by atoms with E-state index in [9.17, 15) is 9.59 Å². The Morgan fingerprint density at radius 2 is 1.81 bits per heavy atom. The molecule has 2 saturated heterocycles. The molecule has 0 aliphatic carbocycles. The van der Waals surface area contributed by atoms with Crippen molar-refractivity contribution < 1.29 is 9.59 Å². The molecule has 0 unspecified atom stereocenters. The number of anilines is 1. The van der Waals surface area contributed by atoms with Crippen molar-refractivity contribution in [3.63, 3.8) is 0 Å². The van der Waals surface area contributed by atoms with Gasteiger partial charge in [-0.3, -0.25) is 14.5 Å². The summed E-state index contributed by atoms with van der Waals surface area (Å²) in [6.07, 6.45) is 6.52. The maximum Gasteiger partial charge on any atom is 0.237 e. The van der Waals surface area contributed by atoms with Gasteiger partial charge in [-0.15, -0.1) is 0 Å². The van der Waals surface area contributed by atoms with Crippen LogP contribution in [0.1, 0.15) is 24.8 Å². The molecule has 1 atom stereocenters. The molecular formula is C24H32N6O2. The number of amides is 2. The fourth-order valence-electron chi connectivity index (χ4n) is 4.50. The Hall–Kier alpha value is -3.00. The lowest BCUT2D eigenvalue weighted by atomic mass is 10.1. The topological polar surface area (TPSA) is 81.7 Å². The van der Waals surface area contributed by atoms with Gasteiger partial charge in [0, 0.05) is 51.7 Å². The zero-order valence-corrected chi connectivity index (χ0v) is 18.5. The van der Waals surface area contributed by atoms with E-state index in [0.29, 0.717) is 32.1 Å². The summed E-state index contributed by atoms with van der Waals surface area (Å²) in [5.41, 5.74) is 1.30. The molecule has 2 fully saturated rings. The maximum atomic E-state index is 13.1. The molecule has 4 rings (SSSR count). The first-order chi connectivity index (χ1) is 15.7. The molecule has 3 heterocycles. The van der Waals surface area contributed by atoms with E-state index in [4.69, 9.17) is 0 Å². The minimum atomic E-state index is -0.385. The van der Waals surface area contributed by atoms with E-state index in [1.165, 1.54) is 5.56 Å². The molecule has 0 spiro atoms. The average Bonchev–Trinajstić information content (AvgIpc) is 3.09. The second kappa shape index (κ2) is 11.0. The zero-order valence-electron chi connectivity index (χ0n) is 18.5. The normalized spacial score (nSPS) is 20.0. The van der Waals surface area contributed by atoms with E-state index in [2.05, 4.69) is 49.4 Å². The van der Waals surface area contributed by atoms with Gasteiger partial charge >= 0.3 is 0 Å². The number of hydrogen-bond donors (Lipinski definition) is 1. The highest BCUT2D eigenvalue weighted by Gasteiger charge is 2.33. The van der Waals surface area contributed by atoms with E-state index in [-0.39, 0.29) is 24.3 Å². The van der Waals surface area contributed by atoms with Gasteiger partial charge in [-0.1, -0.05) is 30.3 Å². The first-order valence-corrected chi connectivity index (χ1v) is 11.6. The summed E-state index contributed by atoms with van der Waals surface area (Å²) >= 11 is 0. The monoisotopic (exact) mass is 436 g/mol. The van der Waals surface area contributed by atoms with Crippen molar-refractivity contribution in [3.05, 3.63) is 54.4 Å². The maximum absolute atomic E-state index is 13.1. The van der Waals surface area contributed by atoms with Crippen LogP contribution in [0.25, 0.3) is 0 Å². The number of piperazine rings is 1. The first kappa shape index (κ1) is 22.2. The van der Waals surface area contributed by atoms with E-state index in [1.54, 1.807) is 18.5 Å². The Kier molecular flexibility index (Phi) is 7.66. The fraction of sp³-hybridized carbons (Fsp3) is 0.500. The van der Waals surface area contributed by atoms with Gasteiger partial charge in [0.15, 0.2) is 0 Å². The molecule has 0 bridgehead atoms. The van der Waals surface area contributed by atoms with E-state index in [1.807, 2.05) is 11.0 Å². The lowest BCUT2D eigenvalue weighted by molar-refractivity contribution is -0.138.